The highest BCUT2D eigenvalue weighted by molar-refractivity contribution is 5.95. The number of hydrogen-bond acceptors (Lipinski definition) is 4. The third kappa shape index (κ3) is 4.44. The van der Waals surface area contributed by atoms with Gasteiger partial charge in [-0.15, -0.1) is 0 Å². The fraction of sp³-hybridized carbons (Fsp3) is 0.579. The highest BCUT2D eigenvalue weighted by Gasteiger charge is 2.43. The molecule has 0 saturated carbocycles. The summed E-state index contributed by atoms with van der Waals surface area (Å²) in [6, 6.07) is 0. The van der Waals surface area contributed by atoms with E-state index in [0.29, 0.717) is 37.8 Å². The van der Waals surface area contributed by atoms with E-state index in [0.717, 1.165) is 17.7 Å². The SMILES string of the molecule is CCCc1ncncc1C(=O)N1CCCC(CC=C(C)C)(C(=O)O)C1. The minimum atomic E-state index is -0.911. The van der Waals surface area contributed by atoms with Crippen molar-refractivity contribution in [3.05, 3.63) is 35.4 Å². The summed E-state index contributed by atoms with van der Waals surface area (Å²) in [5, 5.41) is 9.82. The molecule has 0 aromatic carbocycles. The topological polar surface area (TPSA) is 83.4 Å². The molecule has 1 amide bonds. The Morgan fingerprint density at radius 3 is 2.80 bits per heavy atom. The molecule has 1 aromatic heterocycles. The Morgan fingerprint density at radius 1 is 1.40 bits per heavy atom. The summed E-state index contributed by atoms with van der Waals surface area (Å²) in [5.74, 6) is -0.993. The summed E-state index contributed by atoms with van der Waals surface area (Å²) < 4.78 is 0. The number of amides is 1. The molecule has 25 heavy (non-hydrogen) atoms. The Kier molecular flexibility index (Phi) is 6.28. The fourth-order valence-electron chi connectivity index (χ4n) is 3.27. The number of carbonyl (C=O) groups is 2. The molecule has 2 heterocycles. The van der Waals surface area contributed by atoms with E-state index < -0.39 is 11.4 Å². The predicted octanol–water partition coefficient (Wildman–Crippen LogP) is 3.09. The summed E-state index contributed by atoms with van der Waals surface area (Å²) >= 11 is 0. The van der Waals surface area contributed by atoms with Crippen molar-refractivity contribution >= 4 is 11.9 Å². The van der Waals surface area contributed by atoms with Crippen LogP contribution >= 0.6 is 0 Å². The van der Waals surface area contributed by atoms with Gasteiger partial charge in [-0.3, -0.25) is 9.59 Å². The lowest BCUT2D eigenvalue weighted by Crippen LogP contribution is -2.50. The molecular formula is C19H27N3O3. The van der Waals surface area contributed by atoms with Crippen LogP contribution in [0.5, 0.6) is 0 Å². The smallest absolute Gasteiger partial charge is 0.311 e. The average Bonchev–Trinajstić information content (AvgIpc) is 2.60. The van der Waals surface area contributed by atoms with Gasteiger partial charge >= 0.3 is 5.97 Å². The Labute approximate surface area is 149 Å². The second-order valence-electron chi connectivity index (χ2n) is 7.03. The molecular weight excluding hydrogens is 318 g/mol. The first kappa shape index (κ1) is 19.1. The second-order valence-corrected chi connectivity index (χ2v) is 7.03. The van der Waals surface area contributed by atoms with Crippen molar-refractivity contribution in [2.24, 2.45) is 5.41 Å². The first-order valence-electron chi connectivity index (χ1n) is 8.84. The van der Waals surface area contributed by atoms with Crippen molar-refractivity contribution in [2.45, 2.75) is 52.9 Å². The molecule has 136 valence electrons. The van der Waals surface area contributed by atoms with Crippen LogP contribution in [-0.4, -0.2) is 44.9 Å². The number of carbonyl (C=O) groups excluding carboxylic acids is 1. The molecule has 1 atom stereocenters. The van der Waals surface area contributed by atoms with Crippen LogP contribution in [0.1, 0.15) is 62.5 Å². The number of aromatic nitrogens is 2. The van der Waals surface area contributed by atoms with Crippen LogP contribution in [-0.2, 0) is 11.2 Å². The molecule has 0 radical (unpaired) electrons. The number of allylic oxidation sites excluding steroid dienone is 2. The Bertz CT molecular complexity index is 668. The maximum absolute atomic E-state index is 13.0. The largest absolute Gasteiger partial charge is 0.481 e. The highest BCUT2D eigenvalue weighted by atomic mass is 16.4. The zero-order valence-corrected chi connectivity index (χ0v) is 15.3. The Balaban J connectivity index is 2.26. The van der Waals surface area contributed by atoms with E-state index in [-0.39, 0.29) is 12.5 Å². The zero-order valence-electron chi connectivity index (χ0n) is 15.3. The lowest BCUT2D eigenvalue weighted by molar-refractivity contribution is -0.151. The van der Waals surface area contributed by atoms with E-state index >= 15 is 0 Å². The van der Waals surface area contributed by atoms with Crippen molar-refractivity contribution in [2.75, 3.05) is 13.1 Å². The van der Waals surface area contributed by atoms with E-state index in [4.69, 9.17) is 0 Å². The number of aryl methyl sites for hydroxylation is 1. The quantitative estimate of drug-likeness (QED) is 0.801. The molecule has 6 nitrogen and oxygen atoms in total. The molecule has 2 rings (SSSR count). The van der Waals surface area contributed by atoms with E-state index in [1.54, 1.807) is 11.1 Å². The van der Waals surface area contributed by atoms with Crippen molar-refractivity contribution in [3.63, 3.8) is 0 Å². The van der Waals surface area contributed by atoms with Gasteiger partial charge in [0, 0.05) is 19.3 Å². The number of piperidine rings is 1. The molecule has 0 spiro atoms. The van der Waals surface area contributed by atoms with Gasteiger partial charge in [0.25, 0.3) is 5.91 Å². The van der Waals surface area contributed by atoms with E-state index in [2.05, 4.69) is 9.97 Å². The molecule has 0 bridgehead atoms. The van der Waals surface area contributed by atoms with Gasteiger partial charge in [0.2, 0.25) is 0 Å². The molecule has 1 N–H and O–H groups in total. The first-order chi connectivity index (χ1) is 11.9. The van der Waals surface area contributed by atoms with Gasteiger partial charge < -0.3 is 10.0 Å². The van der Waals surface area contributed by atoms with Gasteiger partial charge in [-0.05, 0) is 39.5 Å². The Hall–Kier alpha value is -2.24. The Morgan fingerprint density at radius 2 is 2.16 bits per heavy atom. The fourth-order valence-corrected chi connectivity index (χ4v) is 3.27. The lowest BCUT2D eigenvalue weighted by atomic mass is 9.76. The highest BCUT2D eigenvalue weighted by Crippen LogP contribution is 2.35. The zero-order chi connectivity index (χ0) is 18.4. The third-order valence-corrected chi connectivity index (χ3v) is 4.73. The van der Waals surface area contributed by atoms with E-state index in [1.165, 1.54) is 6.33 Å². The number of carboxylic acid groups (broad SMARTS) is 1. The molecule has 1 unspecified atom stereocenters. The summed E-state index contributed by atoms with van der Waals surface area (Å²) in [6.07, 6.45) is 8.27. The standard InChI is InChI=1S/C19H27N3O3/c1-4-6-16-15(11-20-13-21-16)17(23)22-10-5-8-19(12-22,18(24)25)9-7-14(2)3/h7,11,13H,4-6,8-10,12H2,1-3H3,(H,24,25). The van der Waals surface area contributed by atoms with E-state index in [9.17, 15) is 14.7 Å². The van der Waals surface area contributed by atoms with Crippen LogP contribution in [0.25, 0.3) is 0 Å². The summed E-state index contributed by atoms with van der Waals surface area (Å²) in [5.41, 5.74) is 1.41. The average molecular weight is 345 g/mol. The van der Waals surface area contributed by atoms with Gasteiger partial charge in [-0.25, -0.2) is 9.97 Å². The maximum Gasteiger partial charge on any atom is 0.311 e. The van der Waals surface area contributed by atoms with Gasteiger partial charge in [0.05, 0.1) is 16.7 Å². The number of likely N-dealkylation sites (tertiary alicyclic amines) is 1. The van der Waals surface area contributed by atoms with Crippen molar-refractivity contribution in [1.82, 2.24) is 14.9 Å². The number of nitrogens with zero attached hydrogens (tertiary/aromatic N) is 3. The number of rotatable bonds is 6. The van der Waals surface area contributed by atoms with Crippen LogP contribution in [0, 0.1) is 5.41 Å². The summed E-state index contributed by atoms with van der Waals surface area (Å²) in [7, 11) is 0. The monoisotopic (exact) mass is 345 g/mol. The van der Waals surface area contributed by atoms with Crippen LogP contribution < -0.4 is 0 Å². The third-order valence-electron chi connectivity index (χ3n) is 4.73. The van der Waals surface area contributed by atoms with Crippen LogP contribution in [0.15, 0.2) is 24.2 Å². The normalized spacial score (nSPS) is 20.2. The second kappa shape index (κ2) is 8.23. The lowest BCUT2D eigenvalue weighted by Gasteiger charge is -2.39. The van der Waals surface area contributed by atoms with Crippen molar-refractivity contribution in [1.29, 1.82) is 0 Å². The first-order valence-corrected chi connectivity index (χ1v) is 8.84. The van der Waals surface area contributed by atoms with Crippen molar-refractivity contribution in [3.8, 4) is 0 Å². The van der Waals surface area contributed by atoms with Gasteiger partial charge in [0.1, 0.15) is 6.33 Å². The van der Waals surface area contributed by atoms with E-state index in [1.807, 2.05) is 26.8 Å². The number of carboxylic acids is 1. The molecule has 0 aliphatic carbocycles. The van der Waals surface area contributed by atoms with Crippen LogP contribution in [0.3, 0.4) is 0 Å². The van der Waals surface area contributed by atoms with Crippen LogP contribution in [0.2, 0.25) is 0 Å². The molecule has 1 aliphatic rings. The van der Waals surface area contributed by atoms with Crippen molar-refractivity contribution < 1.29 is 14.7 Å². The number of aliphatic carboxylic acids is 1. The molecule has 1 saturated heterocycles. The summed E-state index contributed by atoms with van der Waals surface area (Å²) in [4.78, 5) is 34.8. The maximum atomic E-state index is 13.0. The minimum absolute atomic E-state index is 0.161. The molecule has 1 aliphatic heterocycles. The number of hydrogen-bond donors (Lipinski definition) is 1. The molecule has 1 fully saturated rings. The van der Waals surface area contributed by atoms with Crippen LogP contribution in [0.4, 0.5) is 0 Å². The van der Waals surface area contributed by atoms with Gasteiger partial charge in [-0.1, -0.05) is 25.0 Å². The minimum Gasteiger partial charge on any atom is -0.481 e. The predicted molar refractivity (Wildman–Crippen MR) is 95.3 cm³/mol. The van der Waals surface area contributed by atoms with Gasteiger partial charge in [-0.2, -0.15) is 0 Å². The molecule has 6 heteroatoms. The molecule has 1 aromatic rings. The van der Waals surface area contributed by atoms with Gasteiger partial charge in [0.15, 0.2) is 0 Å². The summed E-state index contributed by atoms with van der Waals surface area (Å²) in [6.45, 7) is 6.75.